The third-order valence-electron chi connectivity index (χ3n) is 3.34. The van der Waals surface area contributed by atoms with E-state index < -0.39 is 4.92 Å². The summed E-state index contributed by atoms with van der Waals surface area (Å²) in [5.74, 6) is -0.179. The molecule has 0 saturated heterocycles. The summed E-state index contributed by atoms with van der Waals surface area (Å²) in [5, 5.41) is 18.9. The molecule has 2 rings (SSSR count). The number of amides is 1. The van der Waals surface area contributed by atoms with Crippen LogP contribution >= 0.6 is 0 Å². The number of rotatable bonds is 6. The molecule has 0 bridgehead atoms. The largest absolute Gasteiger partial charge is 0.338 e. The van der Waals surface area contributed by atoms with Crippen LogP contribution in [0.4, 0.5) is 5.69 Å². The van der Waals surface area contributed by atoms with E-state index in [1.807, 2.05) is 17.7 Å². The molecule has 0 aliphatic heterocycles. The molecule has 2 aromatic heterocycles. The number of nitro groups is 1. The zero-order valence-electron chi connectivity index (χ0n) is 12.8. The third kappa shape index (κ3) is 3.30. The van der Waals surface area contributed by atoms with E-state index in [0.29, 0.717) is 12.2 Å². The molecular weight excluding hydrogens is 288 g/mol. The number of aryl methyl sites for hydroxylation is 2. The van der Waals surface area contributed by atoms with Crippen LogP contribution in [-0.4, -0.2) is 42.3 Å². The van der Waals surface area contributed by atoms with Gasteiger partial charge in [-0.2, -0.15) is 10.2 Å². The molecule has 118 valence electrons. The molecule has 2 heterocycles. The van der Waals surface area contributed by atoms with E-state index in [2.05, 4.69) is 10.2 Å². The van der Waals surface area contributed by atoms with Gasteiger partial charge in [-0.3, -0.25) is 24.3 Å². The van der Waals surface area contributed by atoms with Crippen LogP contribution < -0.4 is 0 Å². The van der Waals surface area contributed by atoms with E-state index in [9.17, 15) is 14.9 Å². The Kier molecular flexibility index (Phi) is 4.54. The quantitative estimate of drug-likeness (QED) is 0.585. The van der Waals surface area contributed by atoms with Crippen LogP contribution in [0, 0.1) is 17.0 Å². The van der Waals surface area contributed by atoms with Gasteiger partial charge in [0, 0.05) is 19.8 Å². The van der Waals surface area contributed by atoms with Gasteiger partial charge in [0.05, 0.1) is 17.2 Å². The fourth-order valence-corrected chi connectivity index (χ4v) is 2.14. The van der Waals surface area contributed by atoms with Gasteiger partial charge >= 0.3 is 5.69 Å². The van der Waals surface area contributed by atoms with Crippen molar-refractivity contribution in [3.05, 3.63) is 40.0 Å². The lowest BCUT2D eigenvalue weighted by Crippen LogP contribution is -2.30. The topological polar surface area (TPSA) is 99.1 Å². The number of likely N-dealkylation sites (N-methyl/N-ethyl adjacent to an activating group) is 1. The van der Waals surface area contributed by atoms with Crippen molar-refractivity contribution in [1.82, 2.24) is 24.5 Å². The van der Waals surface area contributed by atoms with Crippen molar-refractivity contribution in [3.63, 3.8) is 0 Å². The van der Waals surface area contributed by atoms with Crippen molar-refractivity contribution >= 4 is 11.6 Å². The summed E-state index contributed by atoms with van der Waals surface area (Å²) in [6.45, 7) is 4.64. The molecule has 22 heavy (non-hydrogen) atoms. The normalized spacial score (nSPS) is 10.7. The summed E-state index contributed by atoms with van der Waals surface area (Å²) >= 11 is 0. The molecule has 0 saturated carbocycles. The lowest BCUT2D eigenvalue weighted by molar-refractivity contribution is -0.385. The number of hydrogen-bond acceptors (Lipinski definition) is 5. The molecule has 0 radical (unpaired) electrons. The number of hydrogen-bond donors (Lipinski definition) is 0. The van der Waals surface area contributed by atoms with Gasteiger partial charge in [-0.05, 0) is 19.9 Å². The lowest BCUT2D eigenvalue weighted by atomic mass is 10.3. The van der Waals surface area contributed by atoms with Gasteiger partial charge in [0.25, 0.3) is 0 Å². The first-order chi connectivity index (χ1) is 10.4. The van der Waals surface area contributed by atoms with Crippen molar-refractivity contribution in [2.45, 2.75) is 33.5 Å². The Balaban J connectivity index is 2.02. The van der Waals surface area contributed by atoms with E-state index in [-0.39, 0.29) is 18.1 Å². The first-order valence-electron chi connectivity index (χ1n) is 6.85. The van der Waals surface area contributed by atoms with Crippen molar-refractivity contribution in [2.75, 3.05) is 7.05 Å². The molecule has 2 aromatic rings. The minimum absolute atomic E-state index is 0.0363. The number of aromatic nitrogens is 4. The van der Waals surface area contributed by atoms with Crippen LogP contribution in [-0.2, 0) is 24.4 Å². The van der Waals surface area contributed by atoms with Gasteiger partial charge in [-0.1, -0.05) is 0 Å². The molecule has 1 amide bonds. The minimum Gasteiger partial charge on any atom is -0.338 e. The molecule has 0 unspecified atom stereocenters. The molecule has 0 fully saturated rings. The molecule has 0 aromatic carbocycles. The number of carbonyl (C=O) groups is 1. The Morgan fingerprint density at radius 3 is 2.82 bits per heavy atom. The van der Waals surface area contributed by atoms with Crippen LogP contribution in [0.15, 0.2) is 18.5 Å². The Bertz CT molecular complexity index is 690. The fraction of sp³-hybridized carbons (Fsp3) is 0.462. The summed E-state index contributed by atoms with van der Waals surface area (Å²) in [4.78, 5) is 24.0. The average Bonchev–Trinajstić information content (AvgIpc) is 3.04. The molecule has 0 atom stereocenters. The van der Waals surface area contributed by atoms with Gasteiger partial charge in [-0.25, -0.2) is 0 Å². The van der Waals surface area contributed by atoms with Crippen molar-refractivity contribution in [1.29, 1.82) is 0 Å². The molecule has 0 spiro atoms. The van der Waals surface area contributed by atoms with Crippen LogP contribution in [0.25, 0.3) is 0 Å². The summed E-state index contributed by atoms with van der Waals surface area (Å²) in [6.07, 6.45) is 2.97. The van der Waals surface area contributed by atoms with Gasteiger partial charge in [0.15, 0.2) is 0 Å². The summed E-state index contributed by atoms with van der Waals surface area (Å²) in [7, 11) is 1.68. The first kappa shape index (κ1) is 15.7. The molecular formula is C13H18N6O3. The minimum atomic E-state index is -0.507. The molecule has 0 N–H and O–H groups in total. The molecule has 0 aliphatic carbocycles. The Hall–Kier alpha value is -2.71. The lowest BCUT2D eigenvalue weighted by Gasteiger charge is -2.17. The summed E-state index contributed by atoms with van der Waals surface area (Å²) < 4.78 is 3.11. The molecule has 9 nitrogen and oxygen atoms in total. The van der Waals surface area contributed by atoms with Crippen LogP contribution in [0.2, 0.25) is 0 Å². The number of carbonyl (C=O) groups excluding carboxylic acids is 1. The maximum Gasteiger partial charge on any atom is 0.309 e. The van der Waals surface area contributed by atoms with Crippen LogP contribution in [0.1, 0.15) is 18.3 Å². The SMILES string of the molecule is CCn1nccc1CN(C)C(=O)Cn1cc([N+](=O)[O-])c(C)n1. The van der Waals surface area contributed by atoms with Crippen LogP contribution in [0.5, 0.6) is 0 Å². The highest BCUT2D eigenvalue weighted by Gasteiger charge is 2.18. The van der Waals surface area contributed by atoms with E-state index >= 15 is 0 Å². The Morgan fingerprint density at radius 2 is 2.23 bits per heavy atom. The highest BCUT2D eigenvalue weighted by atomic mass is 16.6. The number of nitrogens with zero attached hydrogens (tertiary/aromatic N) is 6. The Labute approximate surface area is 127 Å². The zero-order valence-corrected chi connectivity index (χ0v) is 12.8. The Morgan fingerprint density at radius 1 is 1.50 bits per heavy atom. The van der Waals surface area contributed by atoms with E-state index in [4.69, 9.17) is 0 Å². The first-order valence-corrected chi connectivity index (χ1v) is 6.85. The zero-order chi connectivity index (χ0) is 16.3. The van der Waals surface area contributed by atoms with Crippen molar-refractivity contribution in [2.24, 2.45) is 0 Å². The van der Waals surface area contributed by atoms with Gasteiger partial charge in [0.2, 0.25) is 5.91 Å². The van der Waals surface area contributed by atoms with Gasteiger partial charge in [-0.15, -0.1) is 0 Å². The third-order valence-corrected chi connectivity index (χ3v) is 3.34. The predicted octanol–water partition coefficient (Wildman–Crippen LogP) is 0.975. The van der Waals surface area contributed by atoms with Gasteiger partial charge in [0.1, 0.15) is 18.4 Å². The van der Waals surface area contributed by atoms with Gasteiger partial charge < -0.3 is 4.90 Å². The highest BCUT2D eigenvalue weighted by Crippen LogP contribution is 2.15. The smallest absolute Gasteiger partial charge is 0.309 e. The highest BCUT2D eigenvalue weighted by molar-refractivity contribution is 5.75. The maximum absolute atomic E-state index is 12.2. The molecule has 0 aliphatic rings. The van der Waals surface area contributed by atoms with Crippen molar-refractivity contribution in [3.8, 4) is 0 Å². The summed E-state index contributed by atoms with van der Waals surface area (Å²) in [5.41, 5.74) is 1.14. The average molecular weight is 306 g/mol. The second-order valence-electron chi connectivity index (χ2n) is 4.94. The fourth-order valence-electron chi connectivity index (χ4n) is 2.14. The van der Waals surface area contributed by atoms with E-state index in [1.165, 1.54) is 10.9 Å². The maximum atomic E-state index is 12.2. The molecule has 9 heteroatoms. The van der Waals surface area contributed by atoms with E-state index in [1.54, 1.807) is 25.1 Å². The second-order valence-corrected chi connectivity index (χ2v) is 4.94. The van der Waals surface area contributed by atoms with E-state index in [0.717, 1.165) is 12.2 Å². The standard InChI is InChI=1S/C13H18N6O3/c1-4-18-11(5-6-14-18)7-16(3)13(20)9-17-8-12(19(21)22)10(2)15-17/h5-6,8H,4,7,9H2,1-3H3. The van der Waals surface area contributed by atoms with Crippen LogP contribution in [0.3, 0.4) is 0 Å². The second kappa shape index (κ2) is 6.37. The van der Waals surface area contributed by atoms with Crippen molar-refractivity contribution < 1.29 is 9.72 Å². The monoisotopic (exact) mass is 306 g/mol. The summed E-state index contributed by atoms with van der Waals surface area (Å²) in [6, 6.07) is 1.86. The predicted molar refractivity (Wildman–Crippen MR) is 78.0 cm³/mol.